The van der Waals surface area contributed by atoms with Crippen LogP contribution in [0.25, 0.3) is 11.0 Å². The van der Waals surface area contributed by atoms with E-state index in [9.17, 15) is 0 Å². The van der Waals surface area contributed by atoms with Crippen molar-refractivity contribution in [3.8, 4) is 0 Å². The van der Waals surface area contributed by atoms with Crippen molar-refractivity contribution in [2.24, 2.45) is 5.73 Å². The molecule has 0 aliphatic carbocycles. The normalized spacial score (nSPS) is 11.8. The van der Waals surface area contributed by atoms with Gasteiger partial charge in [0.1, 0.15) is 0 Å². The Kier molecular flexibility index (Phi) is 6.33. The number of aryl methyl sites for hydroxylation is 1. The van der Waals surface area contributed by atoms with E-state index in [1.54, 1.807) is 0 Å². The van der Waals surface area contributed by atoms with Gasteiger partial charge in [0.25, 0.3) is 0 Å². The number of nitrogens with two attached hydrogens (primary N) is 1. The van der Waals surface area contributed by atoms with Gasteiger partial charge in [-0.25, -0.2) is 9.67 Å². The summed E-state index contributed by atoms with van der Waals surface area (Å²) in [6.07, 6.45) is 11.9. The second kappa shape index (κ2) is 9.09. The molecular weight excluding hydrogens is 336 g/mol. The number of fused-ring (bicyclic) bond motifs is 1. The minimum atomic E-state index is 0.550. The van der Waals surface area contributed by atoms with Crippen molar-refractivity contribution in [1.29, 1.82) is 0 Å². The van der Waals surface area contributed by atoms with Crippen LogP contribution in [-0.4, -0.2) is 26.8 Å². The molecule has 0 spiro atoms. The van der Waals surface area contributed by atoms with Crippen LogP contribution in [0.5, 0.6) is 0 Å². The zero-order valence-corrected chi connectivity index (χ0v) is 15.9. The van der Waals surface area contributed by atoms with Crippen LogP contribution in [0.3, 0.4) is 0 Å². The van der Waals surface area contributed by atoms with Crippen molar-refractivity contribution in [1.82, 2.24) is 19.7 Å². The van der Waals surface area contributed by atoms with Crippen LogP contribution in [0.15, 0.2) is 54.8 Å². The van der Waals surface area contributed by atoms with E-state index in [0.717, 1.165) is 35.1 Å². The van der Waals surface area contributed by atoms with Crippen LogP contribution >= 0.6 is 0 Å². The third kappa shape index (κ3) is 4.60. The zero-order chi connectivity index (χ0) is 19.1. The summed E-state index contributed by atoms with van der Waals surface area (Å²) in [6, 6.07) is 8.30. The monoisotopic (exact) mass is 362 g/mol. The average Bonchev–Trinajstić information content (AvgIpc) is 3.05. The molecule has 1 aromatic carbocycles. The molecular formula is C21H26N6. The van der Waals surface area contributed by atoms with E-state index in [1.807, 2.05) is 37.0 Å². The van der Waals surface area contributed by atoms with Crippen molar-refractivity contribution in [2.45, 2.75) is 32.9 Å². The van der Waals surface area contributed by atoms with Crippen LogP contribution in [0.2, 0.25) is 0 Å². The minimum Gasteiger partial charge on any atom is -0.357 e. The maximum Gasteiger partial charge on any atom is 0.224 e. The highest BCUT2D eigenvalue weighted by Gasteiger charge is 2.13. The van der Waals surface area contributed by atoms with Gasteiger partial charge in [-0.15, -0.1) is 0 Å². The molecule has 0 atom stereocenters. The third-order valence-corrected chi connectivity index (χ3v) is 4.37. The van der Waals surface area contributed by atoms with E-state index < -0.39 is 0 Å². The lowest BCUT2D eigenvalue weighted by Gasteiger charge is -2.05. The quantitative estimate of drug-likeness (QED) is 0.600. The predicted octanol–water partition coefficient (Wildman–Crippen LogP) is 3.44. The summed E-state index contributed by atoms with van der Waals surface area (Å²) in [5.74, 6) is 0.599. The number of allylic oxidation sites excluding steroid dienone is 4. The Bertz CT molecular complexity index is 937. The third-order valence-electron chi connectivity index (χ3n) is 4.37. The fourth-order valence-electron chi connectivity index (χ4n) is 2.90. The summed E-state index contributed by atoms with van der Waals surface area (Å²) in [4.78, 5) is 9.00. The summed E-state index contributed by atoms with van der Waals surface area (Å²) in [6.45, 7) is 3.22. The van der Waals surface area contributed by atoms with Crippen LogP contribution in [0.4, 0.5) is 5.95 Å². The van der Waals surface area contributed by atoms with Gasteiger partial charge in [-0.3, -0.25) is 0 Å². The van der Waals surface area contributed by atoms with Crippen molar-refractivity contribution < 1.29 is 0 Å². The number of nitrogens with one attached hydrogen (secondary N) is 1. The number of hydrogen-bond donors (Lipinski definition) is 2. The number of hydrogen-bond acceptors (Lipinski definition) is 5. The van der Waals surface area contributed by atoms with Crippen molar-refractivity contribution in [3.05, 3.63) is 71.6 Å². The van der Waals surface area contributed by atoms with E-state index in [4.69, 9.17) is 10.8 Å². The van der Waals surface area contributed by atoms with Crippen molar-refractivity contribution >= 4 is 17.0 Å². The second-order valence-electron chi connectivity index (χ2n) is 6.30. The molecule has 2 aromatic heterocycles. The molecule has 27 heavy (non-hydrogen) atoms. The molecule has 0 amide bonds. The molecule has 3 N–H and O–H groups in total. The first-order valence-corrected chi connectivity index (χ1v) is 9.21. The highest BCUT2D eigenvalue weighted by Crippen LogP contribution is 2.20. The predicted molar refractivity (Wildman–Crippen MR) is 111 cm³/mol. The van der Waals surface area contributed by atoms with E-state index in [0.29, 0.717) is 19.0 Å². The van der Waals surface area contributed by atoms with Crippen LogP contribution in [-0.2, 0) is 19.5 Å². The van der Waals surface area contributed by atoms with Gasteiger partial charge < -0.3 is 11.1 Å². The highest BCUT2D eigenvalue weighted by molar-refractivity contribution is 5.78. The Balaban J connectivity index is 1.89. The molecule has 0 fully saturated rings. The molecule has 0 bridgehead atoms. The highest BCUT2D eigenvalue weighted by atomic mass is 15.3. The lowest BCUT2D eigenvalue weighted by molar-refractivity contribution is 0.685. The van der Waals surface area contributed by atoms with Crippen LogP contribution in [0, 0.1) is 0 Å². The molecule has 140 valence electrons. The molecule has 0 unspecified atom stereocenters. The maximum absolute atomic E-state index is 5.69. The Hall–Kier alpha value is -2.99. The van der Waals surface area contributed by atoms with Gasteiger partial charge in [0.2, 0.25) is 5.95 Å². The Labute approximate surface area is 159 Å². The zero-order valence-electron chi connectivity index (χ0n) is 15.9. The van der Waals surface area contributed by atoms with Gasteiger partial charge in [-0.1, -0.05) is 48.6 Å². The second-order valence-corrected chi connectivity index (χ2v) is 6.30. The van der Waals surface area contributed by atoms with Gasteiger partial charge in [0, 0.05) is 19.8 Å². The number of benzene rings is 1. The summed E-state index contributed by atoms with van der Waals surface area (Å²) in [7, 11) is 1.82. The van der Waals surface area contributed by atoms with Crippen LogP contribution in [0.1, 0.15) is 30.2 Å². The molecule has 2 heterocycles. The van der Waals surface area contributed by atoms with E-state index in [1.165, 1.54) is 5.56 Å². The van der Waals surface area contributed by atoms with E-state index in [2.05, 4.69) is 51.7 Å². The summed E-state index contributed by atoms with van der Waals surface area (Å²) in [5.41, 5.74) is 9.85. The summed E-state index contributed by atoms with van der Waals surface area (Å²) in [5, 5.41) is 8.84. The Morgan fingerprint density at radius 3 is 2.63 bits per heavy atom. The van der Waals surface area contributed by atoms with Crippen LogP contribution < -0.4 is 11.1 Å². The van der Waals surface area contributed by atoms with Gasteiger partial charge in [0.15, 0.2) is 5.65 Å². The standard InChI is InChI=1S/C21H26N6/c1-3-4-5-6-7-8-19-18-14-24-21(23-2)25-20(18)27(26-19)15-17-11-9-16(13-22)10-12-17/h3-6,9-12,14H,7-8,13,15,22H2,1-2H3,(H,23,24,25)/b4-3-,6-5-. The van der Waals surface area contributed by atoms with E-state index >= 15 is 0 Å². The van der Waals surface area contributed by atoms with Gasteiger partial charge in [-0.2, -0.15) is 10.1 Å². The SMILES string of the molecule is C/C=C\C=C/CCc1nn(Cc2ccc(CN)cc2)c2nc(NC)ncc12. The lowest BCUT2D eigenvalue weighted by Crippen LogP contribution is -2.05. The molecule has 0 saturated carbocycles. The molecule has 3 aromatic rings. The number of aromatic nitrogens is 4. The van der Waals surface area contributed by atoms with Crippen molar-refractivity contribution in [3.63, 3.8) is 0 Å². The molecule has 6 nitrogen and oxygen atoms in total. The average molecular weight is 362 g/mol. The molecule has 0 saturated heterocycles. The van der Waals surface area contributed by atoms with Gasteiger partial charge in [0.05, 0.1) is 17.6 Å². The smallest absolute Gasteiger partial charge is 0.224 e. The topological polar surface area (TPSA) is 81.7 Å². The van der Waals surface area contributed by atoms with Crippen molar-refractivity contribution in [2.75, 3.05) is 12.4 Å². The molecule has 0 aliphatic rings. The maximum atomic E-state index is 5.69. The number of nitrogens with zero attached hydrogens (tertiary/aromatic N) is 4. The number of anilines is 1. The summed E-state index contributed by atoms with van der Waals surface area (Å²) < 4.78 is 1.96. The summed E-state index contributed by atoms with van der Waals surface area (Å²) >= 11 is 0. The fourth-order valence-corrected chi connectivity index (χ4v) is 2.90. The lowest BCUT2D eigenvalue weighted by atomic mass is 10.1. The number of rotatable bonds is 8. The van der Waals surface area contributed by atoms with E-state index in [-0.39, 0.29) is 0 Å². The Morgan fingerprint density at radius 1 is 1.15 bits per heavy atom. The minimum absolute atomic E-state index is 0.550. The fraction of sp³-hybridized carbons (Fsp3) is 0.286. The molecule has 6 heteroatoms. The van der Waals surface area contributed by atoms with Gasteiger partial charge >= 0.3 is 0 Å². The first kappa shape index (κ1) is 18.8. The molecule has 0 radical (unpaired) electrons. The largest absolute Gasteiger partial charge is 0.357 e. The Morgan fingerprint density at radius 2 is 1.93 bits per heavy atom. The first-order chi connectivity index (χ1) is 13.2. The van der Waals surface area contributed by atoms with Gasteiger partial charge in [-0.05, 0) is 30.9 Å². The first-order valence-electron chi connectivity index (χ1n) is 9.21. The molecule has 0 aliphatic heterocycles. The molecule has 3 rings (SSSR count).